The average Bonchev–Trinajstić information content (AvgIpc) is 2.36. The van der Waals surface area contributed by atoms with E-state index < -0.39 is 11.8 Å². The average molecular weight is 326 g/mol. The van der Waals surface area contributed by atoms with Crippen molar-refractivity contribution in [3.8, 4) is 0 Å². The predicted molar refractivity (Wildman–Crippen MR) is 73.0 cm³/mol. The molecule has 1 aromatic heterocycles. The minimum Gasteiger partial charge on any atom is -0.477 e. The van der Waals surface area contributed by atoms with Crippen molar-refractivity contribution < 1.29 is 14.3 Å². The molecule has 0 fully saturated rings. The molecule has 0 aliphatic heterocycles. The zero-order valence-corrected chi connectivity index (χ0v) is 11.1. The van der Waals surface area contributed by atoms with E-state index in [1.54, 1.807) is 0 Å². The van der Waals surface area contributed by atoms with Crippen LogP contribution in [0.4, 0.5) is 21.6 Å². The Kier molecular flexibility index (Phi) is 3.66. The molecular formula is C12H9BrFN3O2. The Morgan fingerprint density at radius 2 is 2.11 bits per heavy atom. The number of aromatic carboxylic acids is 1. The highest BCUT2D eigenvalue weighted by Gasteiger charge is 2.09. The van der Waals surface area contributed by atoms with Gasteiger partial charge in [0.25, 0.3) is 0 Å². The zero-order valence-electron chi connectivity index (χ0n) is 9.52. The van der Waals surface area contributed by atoms with Gasteiger partial charge >= 0.3 is 5.97 Å². The molecule has 0 atom stereocenters. The molecule has 7 heteroatoms. The number of rotatable bonds is 3. The van der Waals surface area contributed by atoms with Crippen LogP contribution in [-0.2, 0) is 0 Å². The first-order valence-electron chi connectivity index (χ1n) is 5.19. The number of carbonyl (C=O) groups is 1. The topological polar surface area (TPSA) is 88.2 Å². The van der Waals surface area contributed by atoms with Gasteiger partial charge in [-0.3, -0.25) is 0 Å². The van der Waals surface area contributed by atoms with Crippen molar-refractivity contribution in [1.82, 2.24) is 4.98 Å². The van der Waals surface area contributed by atoms with Crippen LogP contribution in [0.25, 0.3) is 0 Å². The number of carboxylic acid groups (broad SMARTS) is 1. The molecule has 0 unspecified atom stereocenters. The molecule has 1 heterocycles. The summed E-state index contributed by atoms with van der Waals surface area (Å²) in [7, 11) is 0. The molecule has 1 aromatic carbocycles. The summed E-state index contributed by atoms with van der Waals surface area (Å²) < 4.78 is 13.4. The molecule has 0 radical (unpaired) electrons. The highest BCUT2D eigenvalue weighted by Crippen LogP contribution is 2.25. The van der Waals surface area contributed by atoms with Crippen molar-refractivity contribution in [3.05, 3.63) is 46.3 Å². The summed E-state index contributed by atoms with van der Waals surface area (Å²) in [4.78, 5) is 14.7. The second-order valence-electron chi connectivity index (χ2n) is 3.69. The second kappa shape index (κ2) is 5.23. The number of pyridine rings is 1. The van der Waals surface area contributed by atoms with Crippen LogP contribution in [0.15, 0.2) is 34.8 Å². The van der Waals surface area contributed by atoms with Gasteiger partial charge in [-0.2, -0.15) is 0 Å². The summed E-state index contributed by atoms with van der Waals surface area (Å²) >= 11 is 3.05. The van der Waals surface area contributed by atoms with Crippen LogP contribution in [0.5, 0.6) is 0 Å². The van der Waals surface area contributed by atoms with Gasteiger partial charge in [-0.25, -0.2) is 14.2 Å². The van der Waals surface area contributed by atoms with Crippen LogP contribution >= 0.6 is 15.9 Å². The van der Waals surface area contributed by atoms with Crippen LogP contribution in [-0.4, -0.2) is 16.1 Å². The van der Waals surface area contributed by atoms with E-state index in [0.29, 0.717) is 11.4 Å². The normalized spacial score (nSPS) is 10.2. The lowest BCUT2D eigenvalue weighted by Crippen LogP contribution is -2.05. The van der Waals surface area contributed by atoms with Crippen LogP contribution in [0.3, 0.4) is 0 Å². The van der Waals surface area contributed by atoms with Crippen molar-refractivity contribution >= 4 is 39.1 Å². The second-order valence-corrected chi connectivity index (χ2v) is 4.55. The first-order chi connectivity index (χ1) is 8.97. The van der Waals surface area contributed by atoms with Gasteiger partial charge in [0.2, 0.25) is 0 Å². The van der Waals surface area contributed by atoms with Gasteiger partial charge in [0.1, 0.15) is 5.82 Å². The lowest BCUT2D eigenvalue weighted by molar-refractivity contribution is 0.0690. The molecule has 98 valence electrons. The maximum absolute atomic E-state index is 13.1. The molecule has 2 rings (SSSR count). The molecule has 19 heavy (non-hydrogen) atoms. The fourth-order valence-corrected chi connectivity index (χ4v) is 1.78. The number of aromatic nitrogens is 1. The minimum atomic E-state index is -1.15. The summed E-state index contributed by atoms with van der Waals surface area (Å²) in [6.45, 7) is 0. The van der Waals surface area contributed by atoms with Gasteiger partial charge in [-0.05, 0) is 46.3 Å². The number of nitrogen functional groups attached to an aromatic ring is 1. The number of benzene rings is 1. The van der Waals surface area contributed by atoms with E-state index in [1.807, 2.05) is 0 Å². The number of hydrogen-bond donors (Lipinski definition) is 3. The lowest BCUT2D eigenvalue weighted by atomic mass is 10.3. The SMILES string of the molecule is Nc1ccc(C(=O)O)nc1Nc1ccc(F)c(Br)c1. The molecule has 5 nitrogen and oxygen atoms in total. The molecular weight excluding hydrogens is 317 g/mol. The van der Waals surface area contributed by atoms with Crippen LogP contribution in [0.2, 0.25) is 0 Å². The molecule has 4 N–H and O–H groups in total. The van der Waals surface area contributed by atoms with Crippen LogP contribution in [0, 0.1) is 5.82 Å². The summed E-state index contributed by atoms with van der Waals surface area (Å²) in [5, 5.41) is 11.7. The van der Waals surface area contributed by atoms with Crippen molar-refractivity contribution in [2.75, 3.05) is 11.1 Å². The molecule has 0 aliphatic carbocycles. The van der Waals surface area contributed by atoms with Crippen molar-refractivity contribution in [3.63, 3.8) is 0 Å². The van der Waals surface area contributed by atoms with Gasteiger partial charge in [-0.15, -0.1) is 0 Å². The van der Waals surface area contributed by atoms with Crippen molar-refractivity contribution in [2.45, 2.75) is 0 Å². The summed E-state index contributed by atoms with van der Waals surface area (Å²) in [5.41, 5.74) is 6.41. The van der Waals surface area contributed by atoms with Gasteiger partial charge < -0.3 is 16.2 Å². The van der Waals surface area contributed by atoms with Crippen LogP contribution in [0.1, 0.15) is 10.5 Å². The first-order valence-corrected chi connectivity index (χ1v) is 5.98. The maximum atomic E-state index is 13.1. The molecule has 2 aromatic rings. The molecule has 0 aliphatic rings. The molecule has 0 spiro atoms. The molecule has 0 saturated carbocycles. The number of halogens is 2. The zero-order chi connectivity index (χ0) is 14.0. The fourth-order valence-electron chi connectivity index (χ4n) is 1.40. The van der Waals surface area contributed by atoms with E-state index in [4.69, 9.17) is 10.8 Å². The number of nitrogens with one attached hydrogen (secondary N) is 1. The number of hydrogen-bond acceptors (Lipinski definition) is 4. The quantitative estimate of drug-likeness (QED) is 0.807. The third-order valence-electron chi connectivity index (χ3n) is 2.33. The Balaban J connectivity index is 2.34. The highest BCUT2D eigenvalue weighted by molar-refractivity contribution is 9.10. The monoisotopic (exact) mass is 325 g/mol. The van der Waals surface area contributed by atoms with E-state index >= 15 is 0 Å². The largest absolute Gasteiger partial charge is 0.477 e. The van der Waals surface area contributed by atoms with Gasteiger partial charge in [0, 0.05) is 5.69 Å². The Bertz CT molecular complexity index is 649. The molecule has 0 amide bonds. The smallest absolute Gasteiger partial charge is 0.354 e. The van der Waals surface area contributed by atoms with Gasteiger partial charge in [0.05, 0.1) is 10.2 Å². The van der Waals surface area contributed by atoms with Crippen LogP contribution < -0.4 is 11.1 Å². The third kappa shape index (κ3) is 3.00. The highest BCUT2D eigenvalue weighted by atomic mass is 79.9. The van der Waals surface area contributed by atoms with E-state index in [2.05, 4.69) is 26.2 Å². The Morgan fingerprint density at radius 1 is 1.37 bits per heavy atom. The minimum absolute atomic E-state index is 0.127. The van der Waals surface area contributed by atoms with E-state index in [1.165, 1.54) is 30.3 Å². The van der Waals surface area contributed by atoms with E-state index in [0.717, 1.165) is 0 Å². The maximum Gasteiger partial charge on any atom is 0.354 e. The van der Waals surface area contributed by atoms with Crippen molar-refractivity contribution in [1.29, 1.82) is 0 Å². The third-order valence-corrected chi connectivity index (χ3v) is 2.94. The molecule has 0 saturated heterocycles. The number of anilines is 3. The first kappa shape index (κ1) is 13.3. The van der Waals surface area contributed by atoms with Gasteiger partial charge in [0.15, 0.2) is 11.5 Å². The Labute approximate surface area is 116 Å². The summed E-state index contributed by atoms with van der Waals surface area (Å²) in [6, 6.07) is 7.02. The van der Waals surface area contributed by atoms with E-state index in [-0.39, 0.29) is 16.0 Å². The summed E-state index contributed by atoms with van der Waals surface area (Å²) in [5.74, 6) is -1.34. The lowest BCUT2D eigenvalue weighted by Gasteiger charge is -2.09. The van der Waals surface area contributed by atoms with Crippen molar-refractivity contribution in [2.24, 2.45) is 0 Å². The number of nitrogens with zero attached hydrogens (tertiary/aromatic N) is 1. The Hall–Kier alpha value is -2.15. The number of nitrogens with two attached hydrogens (primary N) is 1. The van der Waals surface area contributed by atoms with Gasteiger partial charge in [-0.1, -0.05) is 0 Å². The predicted octanol–water partition coefficient (Wildman–Crippen LogP) is 3.01. The standard InChI is InChI=1S/C12H9BrFN3O2/c13-7-5-6(1-2-8(7)14)16-11-9(15)3-4-10(17-11)12(18)19/h1-5H,15H2,(H,16,17)(H,18,19). The summed E-state index contributed by atoms with van der Waals surface area (Å²) in [6.07, 6.45) is 0. The fraction of sp³-hybridized carbons (Fsp3) is 0. The number of carboxylic acids is 1. The van der Waals surface area contributed by atoms with E-state index in [9.17, 15) is 9.18 Å². The Morgan fingerprint density at radius 3 is 2.74 bits per heavy atom. The molecule has 0 bridgehead atoms.